The highest BCUT2D eigenvalue weighted by Crippen LogP contribution is 2.09. The number of hydrogen-bond donors (Lipinski definition) is 2. The second-order valence-electron chi connectivity index (χ2n) is 4.50. The molecule has 0 aliphatic heterocycles. The minimum atomic E-state index is -0.576. The first-order chi connectivity index (χ1) is 10.1. The molecule has 0 aliphatic rings. The smallest absolute Gasteiger partial charge is 0.333 e. The van der Waals surface area contributed by atoms with E-state index < -0.39 is 11.9 Å². The number of carbonyl (C=O) groups excluding carboxylic acids is 2. The summed E-state index contributed by atoms with van der Waals surface area (Å²) in [5, 5.41) is 2.61. The fraction of sp³-hybridized carbons (Fsp3) is 0.133. The maximum absolute atomic E-state index is 12.1. The second kappa shape index (κ2) is 6.90. The highest BCUT2D eigenvalue weighted by Gasteiger charge is 2.19. The summed E-state index contributed by atoms with van der Waals surface area (Å²) in [6, 6.07) is 9.97. The Morgan fingerprint density at radius 2 is 1.95 bits per heavy atom. The average Bonchev–Trinajstić information content (AvgIpc) is 2.53. The van der Waals surface area contributed by atoms with Crippen LogP contribution in [0.5, 0.6) is 0 Å². The van der Waals surface area contributed by atoms with E-state index in [1.54, 1.807) is 30.6 Å². The van der Waals surface area contributed by atoms with Crippen LogP contribution in [0.1, 0.15) is 21.5 Å². The van der Waals surface area contributed by atoms with Gasteiger partial charge in [0.1, 0.15) is 0 Å². The summed E-state index contributed by atoms with van der Waals surface area (Å²) in [6.07, 6.45) is 3.29. The van der Waals surface area contributed by atoms with Gasteiger partial charge in [0.25, 0.3) is 5.91 Å². The summed E-state index contributed by atoms with van der Waals surface area (Å²) in [6.45, 7) is 2.21. The summed E-state index contributed by atoms with van der Waals surface area (Å²) < 4.78 is 0.765. The summed E-state index contributed by atoms with van der Waals surface area (Å²) >= 11 is 3.96. The van der Waals surface area contributed by atoms with Crippen LogP contribution in [-0.2, 0) is 6.54 Å². The lowest BCUT2D eigenvalue weighted by molar-refractivity contribution is 0.0895. The van der Waals surface area contributed by atoms with Gasteiger partial charge >= 0.3 is 6.03 Å². The Bertz CT molecular complexity index is 629. The van der Waals surface area contributed by atoms with Crippen molar-refractivity contribution >= 4 is 24.8 Å². The Labute approximate surface area is 128 Å². The van der Waals surface area contributed by atoms with Gasteiger partial charge in [0.15, 0.2) is 0 Å². The molecule has 108 valence electrons. The Balaban J connectivity index is 1.95. The van der Waals surface area contributed by atoms with Gasteiger partial charge in [-0.05, 0) is 30.7 Å². The number of pyridine rings is 1. The number of hydrogen-bond acceptors (Lipinski definition) is 4. The SMILES string of the molecule is Cc1ccc(C(=O)N(S)C(=O)NCc2cccnc2)cc1. The van der Waals surface area contributed by atoms with E-state index in [0.717, 1.165) is 15.4 Å². The minimum absolute atomic E-state index is 0.283. The molecular formula is C15H15N3O2S. The van der Waals surface area contributed by atoms with E-state index in [-0.39, 0.29) is 6.54 Å². The lowest BCUT2D eigenvalue weighted by Gasteiger charge is -2.15. The van der Waals surface area contributed by atoms with E-state index in [4.69, 9.17) is 0 Å². The van der Waals surface area contributed by atoms with Crippen LogP contribution in [0, 0.1) is 6.92 Å². The monoisotopic (exact) mass is 301 g/mol. The molecule has 0 radical (unpaired) electrons. The number of thiol groups is 1. The predicted octanol–water partition coefficient (Wildman–Crippen LogP) is 2.59. The zero-order valence-electron chi connectivity index (χ0n) is 11.5. The molecule has 1 aromatic heterocycles. The molecule has 0 unspecified atom stereocenters. The molecule has 3 amide bonds. The molecule has 2 rings (SSSR count). The molecule has 1 N–H and O–H groups in total. The van der Waals surface area contributed by atoms with Crippen LogP contribution in [0.25, 0.3) is 0 Å². The van der Waals surface area contributed by atoms with Gasteiger partial charge in [-0.3, -0.25) is 9.78 Å². The van der Waals surface area contributed by atoms with E-state index in [0.29, 0.717) is 5.56 Å². The molecule has 0 spiro atoms. The molecule has 21 heavy (non-hydrogen) atoms. The number of amides is 3. The molecule has 0 fully saturated rings. The molecule has 0 saturated heterocycles. The Kier molecular flexibility index (Phi) is 4.94. The van der Waals surface area contributed by atoms with Crippen LogP contribution in [-0.4, -0.2) is 21.2 Å². The average molecular weight is 301 g/mol. The number of aromatic nitrogens is 1. The number of imide groups is 1. The van der Waals surface area contributed by atoms with Crippen LogP contribution < -0.4 is 5.32 Å². The first kappa shape index (κ1) is 15.1. The topological polar surface area (TPSA) is 62.3 Å². The van der Waals surface area contributed by atoms with Crippen molar-refractivity contribution in [2.24, 2.45) is 0 Å². The molecule has 0 atom stereocenters. The van der Waals surface area contributed by atoms with Crippen LogP contribution >= 0.6 is 12.8 Å². The maximum atomic E-state index is 12.1. The zero-order chi connectivity index (χ0) is 15.2. The van der Waals surface area contributed by atoms with Gasteiger partial charge < -0.3 is 5.32 Å². The first-order valence-electron chi connectivity index (χ1n) is 6.34. The Morgan fingerprint density at radius 3 is 2.57 bits per heavy atom. The van der Waals surface area contributed by atoms with Crippen molar-refractivity contribution in [2.45, 2.75) is 13.5 Å². The van der Waals surface area contributed by atoms with Crippen LogP contribution in [0.3, 0.4) is 0 Å². The van der Waals surface area contributed by atoms with Gasteiger partial charge in [-0.15, -0.1) is 0 Å². The third-order valence-electron chi connectivity index (χ3n) is 2.85. The van der Waals surface area contributed by atoms with Crippen molar-refractivity contribution in [3.63, 3.8) is 0 Å². The summed E-state index contributed by atoms with van der Waals surface area (Å²) in [4.78, 5) is 27.9. The fourth-order valence-corrected chi connectivity index (χ4v) is 1.85. The molecule has 1 aromatic carbocycles. The lowest BCUT2D eigenvalue weighted by Crippen LogP contribution is -2.37. The second-order valence-corrected chi connectivity index (χ2v) is 4.90. The largest absolute Gasteiger partial charge is 0.334 e. The van der Waals surface area contributed by atoms with Crippen molar-refractivity contribution in [2.75, 3.05) is 0 Å². The number of benzene rings is 1. The molecule has 0 aliphatic carbocycles. The van der Waals surface area contributed by atoms with Gasteiger partial charge in [0.2, 0.25) is 0 Å². The molecule has 6 heteroatoms. The van der Waals surface area contributed by atoms with E-state index in [1.807, 2.05) is 25.1 Å². The van der Waals surface area contributed by atoms with Crippen molar-refractivity contribution in [3.05, 3.63) is 65.5 Å². The Hall–Kier alpha value is -2.34. The summed E-state index contributed by atoms with van der Waals surface area (Å²) in [5.74, 6) is -0.470. The molecule has 0 saturated carbocycles. The van der Waals surface area contributed by atoms with E-state index >= 15 is 0 Å². The molecule has 2 aromatic rings. The lowest BCUT2D eigenvalue weighted by atomic mass is 10.1. The maximum Gasteiger partial charge on any atom is 0.334 e. The van der Waals surface area contributed by atoms with Gasteiger partial charge in [-0.1, -0.05) is 36.6 Å². The first-order valence-corrected chi connectivity index (χ1v) is 6.74. The third kappa shape index (κ3) is 4.06. The van der Waals surface area contributed by atoms with Gasteiger partial charge in [0.05, 0.1) is 0 Å². The van der Waals surface area contributed by atoms with E-state index in [2.05, 4.69) is 23.1 Å². The highest BCUT2D eigenvalue weighted by molar-refractivity contribution is 7.79. The van der Waals surface area contributed by atoms with Crippen LogP contribution in [0.2, 0.25) is 0 Å². The van der Waals surface area contributed by atoms with E-state index in [9.17, 15) is 9.59 Å². The molecule has 5 nitrogen and oxygen atoms in total. The highest BCUT2D eigenvalue weighted by atomic mass is 32.1. The molecular weight excluding hydrogens is 286 g/mol. The van der Waals surface area contributed by atoms with E-state index in [1.165, 1.54) is 0 Å². The predicted molar refractivity (Wildman–Crippen MR) is 82.8 cm³/mol. The third-order valence-corrected chi connectivity index (χ3v) is 3.21. The normalized spacial score (nSPS) is 10.0. The van der Waals surface area contributed by atoms with Gasteiger partial charge in [0, 0.05) is 24.5 Å². The number of nitrogens with zero attached hydrogens (tertiary/aromatic N) is 2. The number of carbonyl (C=O) groups is 2. The van der Waals surface area contributed by atoms with Gasteiger partial charge in [-0.2, -0.15) is 0 Å². The minimum Gasteiger partial charge on any atom is -0.333 e. The van der Waals surface area contributed by atoms with Crippen molar-refractivity contribution in [1.82, 2.24) is 14.6 Å². The standard InChI is InChI=1S/C15H15N3O2S/c1-11-4-6-13(7-5-11)14(19)18(21)15(20)17-10-12-3-2-8-16-9-12/h2-9,21H,10H2,1H3,(H,17,20). The quantitative estimate of drug-likeness (QED) is 0.857. The van der Waals surface area contributed by atoms with Gasteiger partial charge in [-0.25, -0.2) is 9.10 Å². The van der Waals surface area contributed by atoms with Crippen molar-refractivity contribution in [3.8, 4) is 0 Å². The number of nitrogens with one attached hydrogen (secondary N) is 1. The molecule has 0 bridgehead atoms. The Morgan fingerprint density at radius 1 is 1.24 bits per heavy atom. The summed E-state index contributed by atoms with van der Waals surface area (Å²) in [7, 11) is 0. The fourth-order valence-electron chi connectivity index (χ4n) is 1.67. The zero-order valence-corrected chi connectivity index (χ0v) is 12.4. The van der Waals surface area contributed by atoms with Crippen LogP contribution in [0.15, 0.2) is 48.8 Å². The number of aryl methyl sites for hydroxylation is 1. The van der Waals surface area contributed by atoms with Crippen molar-refractivity contribution in [1.29, 1.82) is 0 Å². The molecule has 1 heterocycles. The number of rotatable bonds is 3. The summed E-state index contributed by atoms with van der Waals surface area (Å²) in [5.41, 5.74) is 2.29. The van der Waals surface area contributed by atoms with Crippen molar-refractivity contribution < 1.29 is 9.59 Å². The number of urea groups is 1. The van der Waals surface area contributed by atoms with Crippen LogP contribution in [0.4, 0.5) is 4.79 Å².